The fraction of sp³-hybridized carbons (Fsp3) is 0.0286. The molecule has 20 rings (SSSR count). The van der Waals surface area contributed by atoms with Crippen LogP contribution >= 0.6 is 11.3 Å². The summed E-state index contributed by atoms with van der Waals surface area (Å²) >= 11 is 1.75. The molecule has 0 N–H and O–H groups in total. The first-order valence-corrected chi connectivity index (χ1v) is 42.6. The predicted molar refractivity (Wildman–Crippen MR) is 502 cm³/mol. The molecule has 0 amide bonds. The Hall–Kier alpha value is -16.1. The third-order valence-electron chi connectivity index (χ3n) is 18.8. The topological polar surface area (TPSA) is 223 Å². The van der Waals surface area contributed by atoms with Crippen LogP contribution in [0.15, 0.2) is 460 Å². The van der Waals surface area contributed by atoms with Crippen LogP contribution in [0, 0.1) is 0 Å². The monoisotopic (exact) mass is 1710 g/mol. The zero-order valence-corrected chi connectivity index (χ0v) is 69.9. The summed E-state index contributed by atoms with van der Waals surface area (Å²) in [7, 11) is 0. The number of hydrogen-bond acceptors (Lipinski definition) is 19. The van der Waals surface area contributed by atoms with Crippen LogP contribution in [0.3, 0.4) is 0 Å². The number of rotatable bonds is 22. The Morgan fingerprint density at radius 2 is 0.712 bits per heavy atom. The van der Waals surface area contributed by atoms with Crippen molar-refractivity contribution in [3.05, 3.63) is 458 Å². The van der Waals surface area contributed by atoms with Crippen molar-refractivity contribution in [2.24, 2.45) is 25.0 Å². The smallest absolute Gasteiger partial charge is 0.228 e. The second-order valence-electron chi connectivity index (χ2n) is 27.5. The zero-order chi connectivity index (χ0) is 84.5. The number of aliphatic imine (C=N–C) groups is 5. The fourth-order valence-corrected chi connectivity index (χ4v) is 15.7. The second-order valence-corrected chi connectivity index (χ2v) is 30.8. The van der Waals surface area contributed by atoms with Crippen molar-refractivity contribution in [1.29, 1.82) is 0 Å². The standard InChI is InChI=1S/C21H16N4.C21H15N3O.C21H15N3Se.C21H16N2O2.C21H16N2OS/c1-3-8-16(9-4-1)20-19(15-23-18-11-5-2-6-12-18)24-21(25-20)17-10-7-13-22-14-17;2*1-3-8-16(9-4-1)20-19(15-23-18-11-5-2-6-12-18)25-21(24-20)17-10-7-13-22-14-17;2*1-3-8-16(9-4-1)20-19(15-24-18-11-5-2-6-12-18)25-21(23-20)17-10-7-13-22-14-17/h1-15,20H;2*1-15H;2*1-14H,15H2. The molecule has 1 aliphatic heterocycles. The molecule has 0 spiro atoms. The van der Waals surface area contributed by atoms with E-state index in [0.717, 1.165) is 127 Å². The Balaban J connectivity index is 0.000000115. The normalized spacial score (nSPS) is 12.0. The Labute approximate surface area is 733 Å². The van der Waals surface area contributed by atoms with Gasteiger partial charge in [-0.3, -0.25) is 34.9 Å². The van der Waals surface area contributed by atoms with E-state index in [1.54, 1.807) is 73.3 Å². The minimum atomic E-state index is -0.149. The summed E-state index contributed by atoms with van der Waals surface area (Å²) in [5, 5.41) is 0.957. The summed E-state index contributed by atoms with van der Waals surface area (Å²) in [5.74, 6) is 4.72. The largest absolute Gasteiger partial charge is 0.488 e. The van der Waals surface area contributed by atoms with Gasteiger partial charge in [0.2, 0.25) is 11.8 Å². The number of thiazole rings is 1. The van der Waals surface area contributed by atoms with Crippen LogP contribution in [0.5, 0.6) is 11.5 Å². The third-order valence-corrected chi connectivity index (χ3v) is 22.1. The van der Waals surface area contributed by atoms with E-state index in [1.807, 2.05) is 340 Å². The molecule has 10 heterocycles. The van der Waals surface area contributed by atoms with E-state index in [2.05, 4.69) is 92.3 Å². The first kappa shape index (κ1) is 82.6. The number of para-hydroxylation sites is 5. The molecule has 0 bridgehead atoms. The van der Waals surface area contributed by atoms with Crippen molar-refractivity contribution in [2.75, 3.05) is 0 Å². The number of nitrogens with zero attached hydrogens (tertiary/aromatic N) is 14. The van der Waals surface area contributed by atoms with Crippen molar-refractivity contribution in [3.8, 4) is 100 Å². The molecule has 20 heteroatoms. The number of hydrogen-bond donors (Lipinski definition) is 0. The minimum absolute atomic E-state index is 0.104. The molecule has 0 radical (unpaired) electrons. The van der Waals surface area contributed by atoms with Crippen molar-refractivity contribution in [3.63, 3.8) is 0 Å². The maximum Gasteiger partial charge on any atom is 0.228 e. The van der Waals surface area contributed by atoms with Crippen molar-refractivity contribution in [2.45, 2.75) is 19.3 Å². The van der Waals surface area contributed by atoms with Gasteiger partial charge >= 0.3 is 152 Å². The van der Waals surface area contributed by atoms with Gasteiger partial charge < -0.3 is 18.3 Å². The summed E-state index contributed by atoms with van der Waals surface area (Å²) in [4.78, 5) is 64.3. The van der Waals surface area contributed by atoms with Crippen LogP contribution in [-0.2, 0) is 13.2 Å². The van der Waals surface area contributed by atoms with Crippen LogP contribution in [0.2, 0.25) is 0 Å². The van der Waals surface area contributed by atoms with Crippen LogP contribution in [0.1, 0.15) is 38.0 Å². The van der Waals surface area contributed by atoms with Crippen LogP contribution in [0.4, 0.5) is 17.1 Å². The number of aromatic nitrogens is 9. The van der Waals surface area contributed by atoms with Gasteiger partial charge in [0.15, 0.2) is 17.4 Å². The van der Waals surface area contributed by atoms with Gasteiger partial charge in [-0.2, -0.15) is 0 Å². The van der Waals surface area contributed by atoms with Crippen molar-refractivity contribution < 1.29 is 18.3 Å². The Kier molecular flexibility index (Phi) is 28.5. The first-order valence-electron chi connectivity index (χ1n) is 40.1. The molecule has 125 heavy (non-hydrogen) atoms. The molecule has 0 saturated carbocycles. The van der Waals surface area contributed by atoms with Gasteiger partial charge in [0.1, 0.15) is 47.2 Å². The second kappa shape index (κ2) is 43.2. The van der Waals surface area contributed by atoms with E-state index in [9.17, 15) is 0 Å². The predicted octanol–water partition coefficient (Wildman–Crippen LogP) is 24.6. The van der Waals surface area contributed by atoms with Crippen LogP contribution in [-0.4, -0.2) is 89.6 Å². The average molecular weight is 1710 g/mol. The number of ether oxygens (including phenoxy) is 2. The maximum atomic E-state index is 6.00. The van der Waals surface area contributed by atoms with Crippen molar-refractivity contribution in [1.82, 2.24) is 44.9 Å². The van der Waals surface area contributed by atoms with E-state index in [0.29, 0.717) is 42.4 Å². The van der Waals surface area contributed by atoms with Gasteiger partial charge in [-0.05, 0) is 103 Å². The minimum Gasteiger partial charge on any atom is -0.488 e. The molecule has 1 atom stereocenters. The van der Waals surface area contributed by atoms with Gasteiger partial charge in [0.05, 0.1) is 51.2 Å². The summed E-state index contributed by atoms with van der Waals surface area (Å²) in [6.45, 7) is 0.799. The Morgan fingerprint density at radius 1 is 0.328 bits per heavy atom. The van der Waals surface area contributed by atoms with Crippen LogP contribution in [0.25, 0.3) is 88.6 Å². The molecule has 1 unspecified atom stereocenters. The van der Waals surface area contributed by atoms with Gasteiger partial charge in [-0.25, -0.2) is 19.9 Å². The van der Waals surface area contributed by atoms with E-state index in [-0.39, 0.29) is 20.5 Å². The molecular formula is C105H78N14O4SSe. The first-order chi connectivity index (χ1) is 62.0. The van der Waals surface area contributed by atoms with Gasteiger partial charge in [0, 0.05) is 77.4 Å². The number of amidine groups is 1. The Bertz CT molecular complexity index is 6330. The summed E-state index contributed by atoms with van der Waals surface area (Å²) < 4.78 is 26.1. The van der Waals surface area contributed by atoms with Crippen LogP contribution < -0.4 is 9.47 Å². The van der Waals surface area contributed by atoms with Gasteiger partial charge in [-0.15, -0.1) is 11.3 Å². The van der Waals surface area contributed by atoms with E-state index < -0.39 is 0 Å². The van der Waals surface area contributed by atoms with Crippen molar-refractivity contribution >= 4 is 73.1 Å². The number of oxazole rings is 2. The average Bonchev–Trinajstić information content (AvgIpc) is 1.69. The summed E-state index contributed by atoms with van der Waals surface area (Å²) in [6, 6.07) is 119. The molecule has 0 fully saturated rings. The fourth-order valence-electron chi connectivity index (χ4n) is 12.7. The van der Waals surface area contributed by atoms with Gasteiger partial charge in [0.25, 0.3) is 0 Å². The number of pyridine rings is 5. The zero-order valence-electron chi connectivity index (χ0n) is 67.3. The van der Waals surface area contributed by atoms with E-state index in [4.69, 9.17) is 38.3 Å². The Morgan fingerprint density at radius 3 is 1.20 bits per heavy atom. The molecule has 9 aromatic heterocycles. The summed E-state index contributed by atoms with van der Waals surface area (Å²) in [6.07, 6.45) is 23.2. The van der Waals surface area contributed by atoms with E-state index in [1.165, 1.54) is 4.44 Å². The quantitative estimate of drug-likeness (QED) is 0.0455. The molecule has 18 nitrogen and oxygen atoms in total. The molecule has 604 valence electrons. The molecule has 1 aliphatic rings. The molecule has 19 aromatic rings. The molecular weight excluding hydrogens is 1630 g/mol. The third kappa shape index (κ3) is 23.1. The SMILES string of the molecule is C(=Nc1ccccc1)C1=NC(c2cccnc2)=NC1c1ccccc1.C(=Nc1ccccc1)c1[se]c(-c2cccnc2)nc1-c1ccccc1.C(=Nc1ccccc1)c1oc(-c2cccnc2)nc1-c1ccccc1.c1ccc(OCc2oc(-c3cccnc3)nc2-c2ccccc2)cc1.c1ccc(OCc2sc(-c3cccnc3)nc2-c2ccccc2)cc1. The summed E-state index contributed by atoms with van der Waals surface area (Å²) in [5.41, 5.74) is 17.1. The maximum absolute atomic E-state index is 6.00. The molecule has 0 saturated heterocycles. The van der Waals surface area contributed by atoms with Gasteiger partial charge in [-0.1, -0.05) is 194 Å². The molecule has 0 aliphatic carbocycles. The molecule has 10 aromatic carbocycles. The number of benzene rings is 10. The van der Waals surface area contributed by atoms with E-state index >= 15 is 0 Å².